The van der Waals surface area contributed by atoms with Crippen LogP contribution in [0.4, 0.5) is 0 Å². The standard InChI is InChI=1S/C18H30O3.C10H9N3O/c1-3-5-7-9-14-20-17-13-11-12-16(19)18(17)21-15-10-8-6-4-2;1-14-10-5-3-2-4-8(10)9-6-7-11-13-12-9/h11-13,19H,3-10,14-15H2,1-2H3;2-7H,1H3. The van der Waals surface area contributed by atoms with Crippen LogP contribution >= 0.6 is 0 Å². The number of hydrogen-bond acceptors (Lipinski definition) is 7. The lowest BCUT2D eigenvalue weighted by atomic mass is 10.1. The zero-order valence-electron chi connectivity index (χ0n) is 21.3. The average Bonchev–Trinajstić information content (AvgIpc) is 2.90. The third-order valence-electron chi connectivity index (χ3n) is 5.34. The highest BCUT2D eigenvalue weighted by Crippen LogP contribution is 2.36. The Kier molecular flexibility index (Phi) is 13.7. The number of methoxy groups -OCH3 is 1. The van der Waals surface area contributed by atoms with Crippen molar-refractivity contribution in [3.63, 3.8) is 0 Å². The Labute approximate surface area is 209 Å². The van der Waals surface area contributed by atoms with Crippen molar-refractivity contribution in [2.45, 2.75) is 65.2 Å². The largest absolute Gasteiger partial charge is 0.504 e. The molecule has 0 unspecified atom stereocenters. The van der Waals surface area contributed by atoms with Gasteiger partial charge in [-0.3, -0.25) is 0 Å². The minimum atomic E-state index is 0.163. The summed E-state index contributed by atoms with van der Waals surface area (Å²) in [7, 11) is 1.63. The van der Waals surface area contributed by atoms with E-state index in [0.29, 0.717) is 24.7 Å². The van der Waals surface area contributed by atoms with Crippen LogP contribution in [0.25, 0.3) is 11.3 Å². The molecule has 0 fully saturated rings. The zero-order chi connectivity index (χ0) is 25.1. The second-order valence-electron chi connectivity index (χ2n) is 8.13. The summed E-state index contributed by atoms with van der Waals surface area (Å²) < 4.78 is 16.7. The van der Waals surface area contributed by atoms with E-state index in [2.05, 4.69) is 29.3 Å². The van der Waals surface area contributed by atoms with Gasteiger partial charge in [-0.2, -0.15) is 0 Å². The second kappa shape index (κ2) is 17.1. The van der Waals surface area contributed by atoms with Crippen LogP contribution < -0.4 is 14.2 Å². The molecule has 7 heteroatoms. The van der Waals surface area contributed by atoms with E-state index in [-0.39, 0.29) is 5.75 Å². The smallest absolute Gasteiger partial charge is 0.203 e. The molecule has 0 saturated heterocycles. The molecule has 0 bridgehead atoms. The van der Waals surface area contributed by atoms with E-state index in [1.165, 1.54) is 32.1 Å². The van der Waals surface area contributed by atoms with Crippen LogP contribution in [0.2, 0.25) is 0 Å². The van der Waals surface area contributed by atoms with Gasteiger partial charge in [-0.25, -0.2) is 0 Å². The molecule has 3 aromatic rings. The molecule has 1 heterocycles. The Morgan fingerprint density at radius 1 is 0.743 bits per heavy atom. The Hall–Kier alpha value is -3.35. The van der Waals surface area contributed by atoms with Gasteiger partial charge in [-0.1, -0.05) is 70.6 Å². The first-order chi connectivity index (χ1) is 17.2. The molecule has 0 aliphatic carbocycles. The topological polar surface area (TPSA) is 86.6 Å². The monoisotopic (exact) mass is 481 g/mol. The first-order valence-electron chi connectivity index (χ1n) is 12.6. The quantitative estimate of drug-likeness (QED) is 0.252. The second-order valence-corrected chi connectivity index (χ2v) is 8.13. The van der Waals surface area contributed by atoms with Gasteiger partial charge in [0.15, 0.2) is 11.5 Å². The number of rotatable bonds is 14. The highest BCUT2D eigenvalue weighted by molar-refractivity contribution is 5.66. The fourth-order valence-electron chi connectivity index (χ4n) is 3.42. The normalized spacial score (nSPS) is 10.3. The summed E-state index contributed by atoms with van der Waals surface area (Å²) in [6.45, 7) is 5.69. The predicted octanol–water partition coefficient (Wildman–Crippen LogP) is 6.86. The van der Waals surface area contributed by atoms with Crippen molar-refractivity contribution < 1.29 is 19.3 Å². The van der Waals surface area contributed by atoms with Gasteiger partial charge in [0.25, 0.3) is 0 Å². The molecule has 1 N–H and O–H groups in total. The van der Waals surface area contributed by atoms with Crippen LogP contribution in [-0.4, -0.2) is 40.8 Å². The maximum absolute atomic E-state index is 9.93. The Morgan fingerprint density at radius 3 is 2.09 bits per heavy atom. The van der Waals surface area contributed by atoms with E-state index < -0.39 is 0 Å². The van der Waals surface area contributed by atoms with Crippen LogP contribution in [0, 0.1) is 0 Å². The van der Waals surface area contributed by atoms with Gasteiger partial charge in [-0.05, 0) is 48.4 Å². The van der Waals surface area contributed by atoms with Gasteiger partial charge >= 0.3 is 0 Å². The van der Waals surface area contributed by atoms with E-state index in [4.69, 9.17) is 14.2 Å². The number of phenols is 1. The molecule has 3 rings (SSSR count). The molecule has 2 aromatic carbocycles. The molecule has 1 aromatic heterocycles. The lowest BCUT2D eigenvalue weighted by Gasteiger charge is -2.14. The minimum absolute atomic E-state index is 0.163. The number of ether oxygens (including phenoxy) is 3. The molecular formula is C28H39N3O4. The lowest BCUT2D eigenvalue weighted by molar-refractivity contribution is 0.249. The summed E-state index contributed by atoms with van der Waals surface area (Å²) in [4.78, 5) is 0. The van der Waals surface area contributed by atoms with Crippen LogP contribution in [-0.2, 0) is 0 Å². The fraction of sp³-hybridized carbons (Fsp3) is 0.464. The van der Waals surface area contributed by atoms with E-state index in [1.54, 1.807) is 31.5 Å². The van der Waals surface area contributed by atoms with Gasteiger partial charge in [0.05, 0.1) is 26.5 Å². The lowest BCUT2D eigenvalue weighted by Crippen LogP contribution is -2.03. The molecule has 0 atom stereocenters. The molecule has 0 aliphatic heterocycles. The Morgan fingerprint density at radius 2 is 1.43 bits per heavy atom. The average molecular weight is 482 g/mol. The van der Waals surface area contributed by atoms with E-state index >= 15 is 0 Å². The minimum Gasteiger partial charge on any atom is -0.504 e. The molecule has 35 heavy (non-hydrogen) atoms. The zero-order valence-corrected chi connectivity index (χ0v) is 21.3. The SMILES string of the molecule is CCCCCCOc1cccc(O)c1OCCCCCC.COc1ccccc1-c1ccnnn1. The highest BCUT2D eigenvalue weighted by Gasteiger charge is 2.10. The summed E-state index contributed by atoms with van der Waals surface area (Å²) in [6, 6.07) is 14.8. The van der Waals surface area contributed by atoms with Crippen molar-refractivity contribution in [3.8, 4) is 34.3 Å². The molecule has 7 nitrogen and oxygen atoms in total. The van der Waals surface area contributed by atoms with Gasteiger partial charge in [0, 0.05) is 5.56 Å². The summed E-state index contributed by atoms with van der Waals surface area (Å²) >= 11 is 0. The Balaban J connectivity index is 0.000000266. The van der Waals surface area contributed by atoms with Gasteiger partial charge in [0.2, 0.25) is 5.75 Å². The van der Waals surface area contributed by atoms with Crippen molar-refractivity contribution in [3.05, 3.63) is 54.7 Å². The van der Waals surface area contributed by atoms with Gasteiger partial charge < -0.3 is 19.3 Å². The molecule has 0 amide bonds. The first-order valence-corrected chi connectivity index (χ1v) is 12.6. The number of para-hydroxylation sites is 2. The number of unbranched alkanes of at least 4 members (excludes halogenated alkanes) is 6. The molecule has 0 spiro atoms. The highest BCUT2D eigenvalue weighted by atomic mass is 16.5. The number of aromatic nitrogens is 3. The van der Waals surface area contributed by atoms with Crippen molar-refractivity contribution >= 4 is 0 Å². The van der Waals surface area contributed by atoms with Crippen molar-refractivity contribution in [2.24, 2.45) is 0 Å². The summed E-state index contributed by atoms with van der Waals surface area (Å²) in [5.41, 5.74) is 1.68. The van der Waals surface area contributed by atoms with Crippen molar-refractivity contribution in [1.29, 1.82) is 0 Å². The summed E-state index contributed by atoms with van der Waals surface area (Å²) in [5.74, 6) is 2.09. The molecule has 0 saturated carbocycles. The van der Waals surface area contributed by atoms with Crippen LogP contribution in [0.1, 0.15) is 65.2 Å². The number of nitrogens with zero attached hydrogens (tertiary/aromatic N) is 3. The number of hydrogen-bond donors (Lipinski definition) is 1. The van der Waals surface area contributed by atoms with Crippen LogP contribution in [0.15, 0.2) is 54.7 Å². The van der Waals surface area contributed by atoms with E-state index in [9.17, 15) is 5.11 Å². The molecule has 0 aliphatic rings. The summed E-state index contributed by atoms with van der Waals surface area (Å²) in [6.07, 6.45) is 10.9. The van der Waals surface area contributed by atoms with Gasteiger partial charge in [-0.15, -0.1) is 10.2 Å². The summed E-state index contributed by atoms with van der Waals surface area (Å²) in [5, 5.41) is 21.1. The molecule has 0 radical (unpaired) electrons. The van der Waals surface area contributed by atoms with Gasteiger partial charge in [0.1, 0.15) is 11.4 Å². The maximum atomic E-state index is 9.93. The van der Waals surface area contributed by atoms with E-state index in [0.717, 1.165) is 36.3 Å². The van der Waals surface area contributed by atoms with Crippen LogP contribution in [0.3, 0.4) is 0 Å². The van der Waals surface area contributed by atoms with Crippen molar-refractivity contribution in [1.82, 2.24) is 15.4 Å². The maximum Gasteiger partial charge on any atom is 0.203 e. The fourth-order valence-corrected chi connectivity index (χ4v) is 3.42. The van der Waals surface area contributed by atoms with Crippen LogP contribution in [0.5, 0.6) is 23.0 Å². The van der Waals surface area contributed by atoms with E-state index in [1.807, 2.05) is 30.3 Å². The third-order valence-corrected chi connectivity index (χ3v) is 5.34. The molecular weight excluding hydrogens is 442 g/mol. The number of phenolic OH excluding ortho intramolecular Hbond substituents is 1. The number of aromatic hydroxyl groups is 1. The van der Waals surface area contributed by atoms with Crippen molar-refractivity contribution in [2.75, 3.05) is 20.3 Å². The predicted molar refractivity (Wildman–Crippen MR) is 139 cm³/mol. The Bertz CT molecular complexity index is 954. The third kappa shape index (κ3) is 10.2. The molecule has 190 valence electrons. The number of benzene rings is 2. The first kappa shape index (κ1) is 27.9.